The van der Waals surface area contributed by atoms with Crippen molar-refractivity contribution in [2.75, 3.05) is 27.3 Å². The molecule has 2 N–H and O–H groups in total. The highest BCUT2D eigenvalue weighted by Gasteiger charge is 2.38. The zero-order valence-electron chi connectivity index (χ0n) is 11.3. The van der Waals surface area contributed by atoms with Crippen molar-refractivity contribution in [3.05, 3.63) is 0 Å². The molecule has 0 amide bonds. The summed E-state index contributed by atoms with van der Waals surface area (Å²) in [6, 6.07) is 0.446. The fourth-order valence-corrected chi connectivity index (χ4v) is 2.82. The second-order valence-corrected chi connectivity index (χ2v) is 5.53. The molecular weight excluding hydrogens is 200 g/mol. The van der Waals surface area contributed by atoms with Gasteiger partial charge in [0.1, 0.15) is 0 Å². The predicted octanol–water partition coefficient (Wildman–Crippen LogP) is 1.86. The highest BCUT2D eigenvalue weighted by Crippen LogP contribution is 2.35. The van der Waals surface area contributed by atoms with Crippen LogP contribution in [-0.2, 0) is 4.74 Å². The highest BCUT2D eigenvalue weighted by atomic mass is 16.5. The Morgan fingerprint density at radius 1 is 1.44 bits per heavy atom. The Balaban J connectivity index is 2.64. The third kappa shape index (κ3) is 2.96. The molecule has 1 atom stereocenters. The number of rotatable bonds is 5. The third-order valence-corrected chi connectivity index (χ3v) is 4.40. The maximum atomic E-state index is 6.04. The molecule has 0 aromatic heterocycles. The van der Waals surface area contributed by atoms with Crippen LogP contribution in [0.1, 0.15) is 39.5 Å². The first-order chi connectivity index (χ1) is 7.55. The average Bonchev–Trinajstić information content (AvgIpc) is 2.30. The van der Waals surface area contributed by atoms with Gasteiger partial charge in [-0.15, -0.1) is 0 Å². The van der Waals surface area contributed by atoms with Gasteiger partial charge in [-0.3, -0.25) is 4.90 Å². The van der Waals surface area contributed by atoms with Crippen molar-refractivity contribution < 1.29 is 4.74 Å². The van der Waals surface area contributed by atoms with Gasteiger partial charge in [0, 0.05) is 25.2 Å². The van der Waals surface area contributed by atoms with Gasteiger partial charge in [0.25, 0.3) is 0 Å². The number of ether oxygens (including phenoxy) is 1. The second kappa shape index (κ2) is 5.99. The van der Waals surface area contributed by atoms with Crippen molar-refractivity contribution in [3.8, 4) is 0 Å². The Morgan fingerprint density at radius 2 is 2.00 bits per heavy atom. The van der Waals surface area contributed by atoms with Crippen LogP contribution in [0.4, 0.5) is 0 Å². The fraction of sp³-hybridized carbons (Fsp3) is 1.00. The van der Waals surface area contributed by atoms with Crippen LogP contribution in [-0.4, -0.2) is 43.8 Å². The van der Waals surface area contributed by atoms with E-state index in [4.69, 9.17) is 10.5 Å². The highest BCUT2D eigenvalue weighted by molar-refractivity contribution is 4.95. The summed E-state index contributed by atoms with van der Waals surface area (Å²) in [6.45, 7) is 6.12. The molecule has 1 rings (SSSR count). The largest absolute Gasteiger partial charge is 0.383 e. The summed E-state index contributed by atoms with van der Waals surface area (Å²) < 4.78 is 5.24. The Morgan fingerprint density at radius 3 is 2.44 bits per heavy atom. The van der Waals surface area contributed by atoms with Crippen molar-refractivity contribution in [1.29, 1.82) is 0 Å². The molecule has 16 heavy (non-hydrogen) atoms. The standard InChI is InChI=1S/C13H28N2O/c1-11-5-7-13(10-14,8-6-11)15(3)12(2)9-16-4/h11-12H,5-10,14H2,1-4H3. The Labute approximate surface area is 100 Å². The van der Waals surface area contributed by atoms with E-state index in [-0.39, 0.29) is 5.54 Å². The van der Waals surface area contributed by atoms with Crippen LogP contribution < -0.4 is 5.73 Å². The van der Waals surface area contributed by atoms with E-state index in [2.05, 4.69) is 25.8 Å². The lowest BCUT2D eigenvalue weighted by Gasteiger charge is -2.48. The predicted molar refractivity (Wildman–Crippen MR) is 68.5 cm³/mol. The van der Waals surface area contributed by atoms with Gasteiger partial charge < -0.3 is 10.5 Å². The first kappa shape index (κ1) is 13.9. The molecule has 96 valence electrons. The van der Waals surface area contributed by atoms with Gasteiger partial charge in [0.15, 0.2) is 0 Å². The molecule has 0 spiro atoms. The minimum absolute atomic E-state index is 0.213. The number of hydrogen-bond donors (Lipinski definition) is 1. The molecule has 0 heterocycles. The number of nitrogens with two attached hydrogens (primary N) is 1. The molecule has 0 saturated heterocycles. The summed E-state index contributed by atoms with van der Waals surface area (Å²) >= 11 is 0. The maximum absolute atomic E-state index is 6.04. The molecule has 1 saturated carbocycles. The Hall–Kier alpha value is -0.120. The summed E-state index contributed by atoms with van der Waals surface area (Å²) in [5.74, 6) is 0.866. The summed E-state index contributed by atoms with van der Waals surface area (Å²) in [5.41, 5.74) is 6.25. The SMILES string of the molecule is COCC(C)N(C)C1(CN)CCC(C)CC1. The maximum Gasteiger partial charge on any atom is 0.0615 e. The zero-order valence-corrected chi connectivity index (χ0v) is 11.3. The van der Waals surface area contributed by atoms with Crippen LogP contribution in [0.2, 0.25) is 0 Å². The van der Waals surface area contributed by atoms with Crippen LogP contribution in [0.5, 0.6) is 0 Å². The number of nitrogens with zero attached hydrogens (tertiary/aromatic N) is 1. The lowest BCUT2D eigenvalue weighted by molar-refractivity contribution is 0.00843. The summed E-state index contributed by atoms with van der Waals surface area (Å²) in [4.78, 5) is 2.45. The molecule has 0 radical (unpaired) electrons. The first-order valence-electron chi connectivity index (χ1n) is 6.47. The van der Waals surface area contributed by atoms with Crippen molar-refractivity contribution in [2.45, 2.75) is 51.1 Å². The average molecular weight is 228 g/mol. The van der Waals surface area contributed by atoms with Gasteiger partial charge in [-0.2, -0.15) is 0 Å². The topological polar surface area (TPSA) is 38.5 Å². The van der Waals surface area contributed by atoms with Crippen LogP contribution >= 0.6 is 0 Å². The molecule has 1 aliphatic rings. The van der Waals surface area contributed by atoms with Gasteiger partial charge in [-0.05, 0) is 45.6 Å². The quantitative estimate of drug-likeness (QED) is 0.780. The molecule has 1 aliphatic carbocycles. The van der Waals surface area contributed by atoms with E-state index in [1.807, 2.05) is 0 Å². The van der Waals surface area contributed by atoms with Crippen LogP contribution in [0.25, 0.3) is 0 Å². The van der Waals surface area contributed by atoms with Gasteiger partial charge in [-0.25, -0.2) is 0 Å². The van der Waals surface area contributed by atoms with E-state index < -0.39 is 0 Å². The molecule has 3 heteroatoms. The van der Waals surface area contributed by atoms with Crippen LogP contribution in [0.15, 0.2) is 0 Å². The number of likely N-dealkylation sites (N-methyl/N-ethyl adjacent to an activating group) is 1. The summed E-state index contributed by atoms with van der Waals surface area (Å²) in [5, 5.41) is 0. The molecule has 1 fully saturated rings. The van der Waals surface area contributed by atoms with Crippen molar-refractivity contribution in [2.24, 2.45) is 11.7 Å². The van der Waals surface area contributed by atoms with E-state index in [0.717, 1.165) is 19.1 Å². The van der Waals surface area contributed by atoms with E-state index >= 15 is 0 Å². The number of hydrogen-bond acceptors (Lipinski definition) is 3. The minimum Gasteiger partial charge on any atom is -0.383 e. The van der Waals surface area contributed by atoms with Crippen molar-refractivity contribution >= 4 is 0 Å². The lowest BCUT2D eigenvalue weighted by Crippen LogP contribution is -2.57. The van der Waals surface area contributed by atoms with E-state index in [0.29, 0.717) is 6.04 Å². The fourth-order valence-electron chi connectivity index (χ4n) is 2.82. The molecule has 0 aliphatic heterocycles. The van der Waals surface area contributed by atoms with Gasteiger partial charge in [0.05, 0.1) is 6.61 Å². The summed E-state index contributed by atoms with van der Waals surface area (Å²) in [6.07, 6.45) is 5.08. The minimum atomic E-state index is 0.213. The molecule has 1 unspecified atom stereocenters. The Bertz CT molecular complexity index is 200. The van der Waals surface area contributed by atoms with E-state index in [9.17, 15) is 0 Å². The summed E-state index contributed by atoms with van der Waals surface area (Å²) in [7, 11) is 3.97. The van der Waals surface area contributed by atoms with Gasteiger partial charge >= 0.3 is 0 Å². The molecule has 0 bridgehead atoms. The lowest BCUT2D eigenvalue weighted by atomic mass is 9.75. The zero-order chi connectivity index (χ0) is 12.2. The van der Waals surface area contributed by atoms with Crippen LogP contribution in [0, 0.1) is 5.92 Å². The third-order valence-electron chi connectivity index (χ3n) is 4.40. The first-order valence-corrected chi connectivity index (χ1v) is 6.47. The molecule has 3 nitrogen and oxygen atoms in total. The van der Waals surface area contributed by atoms with Crippen LogP contribution in [0.3, 0.4) is 0 Å². The van der Waals surface area contributed by atoms with Gasteiger partial charge in [-0.1, -0.05) is 6.92 Å². The molecule has 0 aromatic rings. The van der Waals surface area contributed by atoms with E-state index in [1.54, 1.807) is 7.11 Å². The normalized spacial score (nSPS) is 33.0. The molecular formula is C13H28N2O. The van der Waals surface area contributed by atoms with Crippen molar-refractivity contribution in [3.63, 3.8) is 0 Å². The number of methoxy groups -OCH3 is 1. The van der Waals surface area contributed by atoms with E-state index in [1.165, 1.54) is 25.7 Å². The Kier molecular flexibility index (Phi) is 5.22. The monoisotopic (exact) mass is 228 g/mol. The smallest absolute Gasteiger partial charge is 0.0615 e. The molecule has 0 aromatic carbocycles. The van der Waals surface area contributed by atoms with Gasteiger partial charge in [0.2, 0.25) is 0 Å². The second-order valence-electron chi connectivity index (χ2n) is 5.53. The van der Waals surface area contributed by atoms with Crippen molar-refractivity contribution in [1.82, 2.24) is 4.90 Å².